The molecule has 0 radical (unpaired) electrons. The van der Waals surface area contributed by atoms with Crippen LogP contribution in [0.25, 0.3) is 19.4 Å². The van der Waals surface area contributed by atoms with Crippen LogP contribution in [0.2, 0.25) is 0 Å². The Kier molecular flexibility index (Phi) is 36.3. The molecule has 0 heterocycles. The molecule has 0 atom stereocenters. The largest absolute Gasteiger partial charge is 1.00 e. The second kappa shape index (κ2) is 34.4. The van der Waals surface area contributed by atoms with E-state index in [2.05, 4.69) is 116 Å². The van der Waals surface area contributed by atoms with Crippen molar-refractivity contribution in [3.8, 4) is 0 Å². The molecule has 0 aromatic heterocycles. The predicted molar refractivity (Wildman–Crippen MR) is 297 cm³/mol. The van der Waals surface area contributed by atoms with Crippen LogP contribution in [0.5, 0.6) is 0 Å². The maximum atomic E-state index is 10.5. The number of nitro groups is 3. The fourth-order valence-electron chi connectivity index (χ4n) is 4.07. The van der Waals surface area contributed by atoms with Crippen LogP contribution >= 0.6 is 136 Å². The molecule has 17 nitrogen and oxygen atoms in total. The van der Waals surface area contributed by atoms with E-state index in [-0.39, 0.29) is 64.7 Å². The fourth-order valence-corrected chi connectivity index (χ4v) is 7.15. The Morgan fingerprint density at radius 3 is 0.938 bits per heavy atom. The van der Waals surface area contributed by atoms with Crippen molar-refractivity contribution in [2.75, 3.05) is 17.2 Å². The molecule has 0 unspecified atom stereocenters. The zero-order chi connectivity index (χ0) is 48.2. The zero-order valence-corrected chi connectivity index (χ0v) is 50.5. The van der Waals surface area contributed by atoms with E-state index in [1.54, 1.807) is 25.1 Å². The number of benzene rings is 5. The van der Waals surface area contributed by atoms with E-state index in [4.69, 9.17) is 55.3 Å². The van der Waals surface area contributed by atoms with E-state index in [0.29, 0.717) is 46.8 Å². The minimum atomic E-state index is -0.754. The van der Waals surface area contributed by atoms with Crippen LogP contribution < -0.4 is 46.8 Å². The number of nitrogens with two attached hydrogens (primary N) is 3. The van der Waals surface area contributed by atoms with Crippen molar-refractivity contribution in [3.05, 3.63) is 194 Å². The molecule has 0 aliphatic rings. The molecule has 0 fully saturated rings. The van der Waals surface area contributed by atoms with Gasteiger partial charge >= 0.3 is 58.0 Å². The first-order valence-electron chi connectivity index (χ1n) is 16.1. The Hall–Kier alpha value is -2.95. The van der Waals surface area contributed by atoms with Gasteiger partial charge in [0.1, 0.15) is 0 Å². The van der Waals surface area contributed by atoms with Gasteiger partial charge in [0.2, 0.25) is 0 Å². The number of nitrogen functional groups attached to an aromatic ring is 3. The second-order valence-electron chi connectivity index (χ2n) is 11.5. The van der Waals surface area contributed by atoms with E-state index in [0.717, 1.165) is 29.5 Å². The summed E-state index contributed by atoms with van der Waals surface area (Å²) in [6, 6.07) is 16.2. The second-order valence-corrected chi connectivity index (χ2v) is 18.5. The van der Waals surface area contributed by atoms with Gasteiger partial charge in [-0.25, -0.2) is 0 Å². The molecule has 0 aliphatic carbocycles. The molecule has 65 heavy (non-hydrogen) atoms. The Bertz CT molecular complexity index is 2470. The maximum absolute atomic E-state index is 10.5. The Morgan fingerprint density at radius 2 is 0.662 bits per heavy atom. The Morgan fingerprint density at radius 1 is 0.446 bits per heavy atom. The topological polar surface area (TPSA) is 249 Å². The number of halogens is 6. The monoisotopic (exact) mass is 1610 g/mol. The van der Waals surface area contributed by atoms with Crippen LogP contribution in [-0.2, 0) is 17.1 Å². The summed E-state index contributed by atoms with van der Waals surface area (Å²) in [4.78, 5) is 42.4. The van der Waals surface area contributed by atoms with E-state index >= 15 is 0 Å². The average molecular weight is 1610 g/mol. The first-order chi connectivity index (χ1) is 28.9. The van der Waals surface area contributed by atoms with Gasteiger partial charge < -0.3 is 36.5 Å². The SMILES string of the molecule is Cc1cc(I)c(I)cc1N.Cc1cc(I)c(I)cc1[N+](=O)[O-].O=[N+]([O-])c1cc(I)c(I)cc1[N+](=O)[O-].[C-]#N.[C-]#[N+]c1cc(C)c(N)cc1[N+]#[C-].[C-]#[N+]c1cc(C)c(N)cc1[N+]#[C-].[CH3-].[Cu+].[Na+]. The molecule has 0 saturated carbocycles. The van der Waals surface area contributed by atoms with Gasteiger partial charge in [0.15, 0.2) is 22.7 Å². The first kappa shape index (κ1) is 68.6. The van der Waals surface area contributed by atoms with Crippen molar-refractivity contribution < 1.29 is 61.4 Å². The number of hydrogen-bond donors (Lipinski definition) is 3. The summed E-state index contributed by atoms with van der Waals surface area (Å²) < 4.78 is 5.72. The van der Waals surface area contributed by atoms with E-state index in [1.165, 1.54) is 31.4 Å². The quantitative estimate of drug-likeness (QED) is 0.0385. The summed E-state index contributed by atoms with van der Waals surface area (Å²) in [5.41, 5.74) is 23.0. The van der Waals surface area contributed by atoms with Gasteiger partial charge in [-0.15, -0.1) is 0 Å². The summed E-state index contributed by atoms with van der Waals surface area (Å²) >= 11 is 12.6. The van der Waals surface area contributed by atoms with Crippen LogP contribution in [-0.4, -0.2) is 14.8 Å². The first-order valence-corrected chi connectivity index (χ1v) is 22.5. The average Bonchev–Trinajstić information content (AvgIpc) is 3.22. The predicted octanol–water partition coefficient (Wildman–Crippen LogP) is 11.5. The molecule has 6 N–H and O–H groups in total. The summed E-state index contributed by atoms with van der Waals surface area (Å²) in [6.45, 7) is 39.3. The van der Waals surface area contributed by atoms with E-state index < -0.39 is 21.2 Å². The zero-order valence-electron chi connectivity index (χ0n) is 34.6. The van der Waals surface area contributed by atoms with Crippen LogP contribution in [0.3, 0.4) is 0 Å². The van der Waals surface area contributed by atoms with Crippen LogP contribution in [0.1, 0.15) is 22.3 Å². The van der Waals surface area contributed by atoms with Gasteiger partial charge in [0.05, 0.1) is 41.1 Å². The van der Waals surface area contributed by atoms with Crippen molar-refractivity contribution >= 4 is 192 Å². The molecule has 0 saturated heterocycles. The van der Waals surface area contributed by atoms with Crippen molar-refractivity contribution in [2.45, 2.75) is 27.7 Å². The van der Waals surface area contributed by atoms with Crippen molar-refractivity contribution in [1.82, 2.24) is 0 Å². The van der Waals surface area contributed by atoms with Gasteiger partial charge in [0.25, 0.3) is 5.69 Å². The molecule has 0 aliphatic heterocycles. The number of rotatable bonds is 3. The smallest absolute Gasteiger partial charge is 0.512 e. The third-order valence-electron chi connectivity index (χ3n) is 7.36. The summed E-state index contributed by atoms with van der Waals surface area (Å²) in [5.74, 6) is 0. The van der Waals surface area contributed by atoms with Crippen molar-refractivity contribution in [2.24, 2.45) is 0 Å². The summed E-state index contributed by atoms with van der Waals surface area (Å²) in [6.07, 6.45) is 0. The number of hydrogen-bond acceptors (Lipinski definition) is 10. The van der Waals surface area contributed by atoms with Gasteiger partial charge in [0, 0.05) is 62.2 Å². The summed E-state index contributed by atoms with van der Waals surface area (Å²) in [7, 11) is 0. The van der Waals surface area contributed by atoms with Gasteiger partial charge in [-0.2, -0.15) is 0 Å². The Labute approximate surface area is 491 Å². The molecule has 336 valence electrons. The van der Waals surface area contributed by atoms with Crippen molar-refractivity contribution in [3.63, 3.8) is 0 Å². The molecule has 0 spiro atoms. The molecule has 5 aromatic rings. The fraction of sp³-hybridized carbons (Fsp3) is 0.100. The molecule has 5 aromatic carbocycles. The van der Waals surface area contributed by atoms with Crippen molar-refractivity contribution in [1.29, 1.82) is 5.26 Å². The standard InChI is InChI=1S/2C9H7N3.C7H5I2NO2.C7H7I2N.C6H2I2N2O4.CN.CH3.Cu.Na/c2*1-6-4-8(11-2)9(12-3)5-7(6)10;1-4-2-5(8)6(9)3-7(4)10(11)12;1-4-2-5(8)6(9)3-7(4)10;7-3-1-5(9(11)12)6(10(13)14)2-4(3)8;1-2;;;/h2*4-5H,10H2,1H3;2-3H,1H3;2-3H,10H2,1H3;1-2H;;1H3;;/q;;;;;2*-1;2*+1. The van der Waals surface area contributed by atoms with Crippen LogP contribution in [0, 0.1) is 125 Å². The maximum Gasteiger partial charge on any atom is 1.00 e. The normalized spacial score (nSPS) is 8.68. The molecule has 25 heteroatoms. The van der Waals surface area contributed by atoms with E-state index in [9.17, 15) is 30.3 Å². The third kappa shape index (κ3) is 22.6. The third-order valence-corrected chi connectivity index (χ3v) is 15.8. The molecular weight excluding hydrogens is 1580 g/mol. The molecule has 0 bridgehead atoms. The van der Waals surface area contributed by atoms with Gasteiger partial charge in [-0.1, -0.05) is 12.1 Å². The van der Waals surface area contributed by atoms with Crippen LogP contribution in [0.15, 0.2) is 60.7 Å². The van der Waals surface area contributed by atoms with Crippen LogP contribution in [0.4, 0.5) is 56.9 Å². The minimum Gasteiger partial charge on any atom is -0.512 e. The number of aryl methyl sites for hydroxylation is 4. The van der Waals surface area contributed by atoms with Gasteiger partial charge in [-0.3, -0.25) is 49.7 Å². The number of nitrogens with zero attached hydrogens (tertiary/aromatic N) is 8. The number of nitro benzene ring substituents is 3. The van der Waals surface area contributed by atoms with Gasteiger partial charge in [-0.05, 0) is 210 Å². The molecular formula is C40H31CuI6N11NaO6. The minimum absolute atomic E-state index is 0. The number of anilines is 3. The molecule has 5 rings (SSSR count). The Balaban J connectivity index is -0.000000351. The summed E-state index contributed by atoms with van der Waals surface area (Å²) in [5, 5.41) is 37.7. The van der Waals surface area contributed by atoms with E-state index in [1.807, 2.05) is 78.1 Å². The molecule has 0 amide bonds.